The molecule has 1 aliphatic carbocycles. The maximum absolute atomic E-state index is 13.1. The highest BCUT2D eigenvalue weighted by Gasteiger charge is 2.12. The van der Waals surface area contributed by atoms with Crippen LogP contribution < -0.4 is 0 Å². The van der Waals surface area contributed by atoms with Gasteiger partial charge in [0.15, 0.2) is 0 Å². The number of halogens is 1. The second-order valence-electron chi connectivity index (χ2n) is 4.64. The quantitative estimate of drug-likeness (QED) is 0.810. The minimum absolute atomic E-state index is 0.366. The van der Waals surface area contributed by atoms with E-state index in [1.807, 2.05) is 6.07 Å². The Labute approximate surface area is 116 Å². The van der Waals surface area contributed by atoms with E-state index in [9.17, 15) is 4.39 Å². The van der Waals surface area contributed by atoms with Crippen molar-refractivity contribution in [2.45, 2.75) is 29.1 Å². The average Bonchev–Trinajstić information content (AvgIpc) is 2.88. The van der Waals surface area contributed by atoms with E-state index in [0.29, 0.717) is 5.56 Å². The third kappa shape index (κ3) is 2.50. The first-order chi connectivity index (χ1) is 9.26. The summed E-state index contributed by atoms with van der Waals surface area (Å²) in [6.45, 7) is 0. The van der Waals surface area contributed by atoms with Crippen molar-refractivity contribution in [2.75, 3.05) is 0 Å². The number of benzene rings is 2. The molecule has 3 heteroatoms. The summed E-state index contributed by atoms with van der Waals surface area (Å²) in [4.78, 5) is 1.92. The number of hydrogen-bond acceptors (Lipinski definition) is 2. The van der Waals surface area contributed by atoms with Crippen LogP contribution in [0.2, 0.25) is 0 Å². The van der Waals surface area contributed by atoms with Crippen LogP contribution in [0.1, 0.15) is 23.1 Å². The summed E-state index contributed by atoms with van der Waals surface area (Å²) in [5.74, 6) is -0.366. The Morgan fingerprint density at radius 2 is 1.89 bits per heavy atom. The number of nitriles is 1. The van der Waals surface area contributed by atoms with Crippen LogP contribution in [-0.2, 0) is 12.8 Å². The topological polar surface area (TPSA) is 23.8 Å². The number of nitrogens with zero attached hydrogens (tertiary/aromatic N) is 1. The van der Waals surface area contributed by atoms with Gasteiger partial charge in [0, 0.05) is 9.79 Å². The second kappa shape index (κ2) is 5.07. The lowest BCUT2D eigenvalue weighted by molar-refractivity contribution is 0.626. The Bertz CT molecular complexity index is 673. The van der Waals surface area contributed by atoms with Crippen LogP contribution in [0.4, 0.5) is 4.39 Å². The normalized spacial score (nSPS) is 13.1. The molecule has 0 N–H and O–H groups in total. The predicted octanol–water partition coefficient (Wildman–Crippen LogP) is 4.34. The van der Waals surface area contributed by atoms with Crippen LogP contribution in [-0.4, -0.2) is 0 Å². The Hall–Kier alpha value is -1.79. The SMILES string of the molecule is N#Cc1cc(F)ccc1Sc1ccc2c(c1)CCC2. The molecule has 3 rings (SSSR count). The van der Waals surface area contributed by atoms with Crippen LogP contribution in [0.25, 0.3) is 0 Å². The van der Waals surface area contributed by atoms with Gasteiger partial charge in [0.05, 0.1) is 5.56 Å². The summed E-state index contributed by atoms with van der Waals surface area (Å²) in [6.07, 6.45) is 3.53. The Morgan fingerprint density at radius 3 is 2.74 bits per heavy atom. The zero-order chi connectivity index (χ0) is 13.2. The van der Waals surface area contributed by atoms with E-state index in [4.69, 9.17) is 5.26 Å². The van der Waals surface area contributed by atoms with Crippen molar-refractivity contribution in [3.8, 4) is 6.07 Å². The highest BCUT2D eigenvalue weighted by molar-refractivity contribution is 7.99. The monoisotopic (exact) mass is 269 g/mol. The molecule has 0 unspecified atom stereocenters. The highest BCUT2D eigenvalue weighted by Crippen LogP contribution is 2.33. The van der Waals surface area contributed by atoms with Gasteiger partial charge in [-0.15, -0.1) is 0 Å². The summed E-state index contributed by atoms with van der Waals surface area (Å²) in [6, 6.07) is 12.8. The summed E-state index contributed by atoms with van der Waals surface area (Å²) in [5.41, 5.74) is 3.24. The minimum atomic E-state index is -0.366. The first-order valence-electron chi connectivity index (χ1n) is 6.25. The zero-order valence-corrected chi connectivity index (χ0v) is 11.1. The fourth-order valence-corrected chi connectivity index (χ4v) is 3.36. The summed E-state index contributed by atoms with van der Waals surface area (Å²) in [7, 11) is 0. The molecule has 0 atom stereocenters. The molecule has 0 fully saturated rings. The van der Waals surface area contributed by atoms with E-state index >= 15 is 0 Å². The predicted molar refractivity (Wildman–Crippen MR) is 73.7 cm³/mol. The second-order valence-corrected chi connectivity index (χ2v) is 5.75. The number of aryl methyl sites for hydroxylation is 2. The molecule has 0 saturated carbocycles. The van der Waals surface area contributed by atoms with Gasteiger partial charge in [-0.25, -0.2) is 4.39 Å². The van der Waals surface area contributed by atoms with E-state index in [-0.39, 0.29) is 5.82 Å². The molecule has 94 valence electrons. The van der Waals surface area contributed by atoms with Crippen molar-refractivity contribution in [1.82, 2.24) is 0 Å². The van der Waals surface area contributed by atoms with Gasteiger partial charge in [-0.05, 0) is 60.7 Å². The number of hydrogen-bond donors (Lipinski definition) is 0. The first-order valence-corrected chi connectivity index (χ1v) is 7.07. The molecule has 0 spiro atoms. The molecule has 0 aliphatic heterocycles. The Kier molecular flexibility index (Phi) is 3.27. The summed E-state index contributed by atoms with van der Waals surface area (Å²) >= 11 is 1.52. The molecule has 0 radical (unpaired) electrons. The van der Waals surface area contributed by atoms with E-state index in [0.717, 1.165) is 16.2 Å². The van der Waals surface area contributed by atoms with Gasteiger partial charge in [0.25, 0.3) is 0 Å². The molecule has 2 aromatic carbocycles. The van der Waals surface area contributed by atoms with Crippen LogP contribution in [0.15, 0.2) is 46.2 Å². The standard InChI is InChI=1S/C16H12FNS/c17-14-5-7-16(13(8-14)10-18)19-15-6-4-11-2-1-3-12(11)9-15/h4-9H,1-3H2. The van der Waals surface area contributed by atoms with E-state index in [1.165, 1.54) is 47.9 Å². The third-order valence-corrected chi connectivity index (χ3v) is 4.43. The largest absolute Gasteiger partial charge is 0.207 e. The van der Waals surface area contributed by atoms with Gasteiger partial charge in [0.2, 0.25) is 0 Å². The van der Waals surface area contributed by atoms with Crippen molar-refractivity contribution in [1.29, 1.82) is 5.26 Å². The highest BCUT2D eigenvalue weighted by atomic mass is 32.2. The van der Waals surface area contributed by atoms with E-state index in [2.05, 4.69) is 18.2 Å². The first kappa shape index (κ1) is 12.3. The summed E-state index contributed by atoms with van der Waals surface area (Å²) in [5, 5.41) is 9.05. The average molecular weight is 269 g/mol. The Balaban J connectivity index is 1.92. The molecule has 0 saturated heterocycles. The maximum Gasteiger partial charge on any atom is 0.124 e. The van der Waals surface area contributed by atoms with Crippen molar-refractivity contribution >= 4 is 11.8 Å². The van der Waals surface area contributed by atoms with Crippen LogP contribution in [0.3, 0.4) is 0 Å². The lowest BCUT2D eigenvalue weighted by Gasteiger charge is -2.06. The van der Waals surface area contributed by atoms with E-state index in [1.54, 1.807) is 6.07 Å². The molecule has 0 amide bonds. The summed E-state index contributed by atoms with van der Waals surface area (Å²) < 4.78 is 13.1. The van der Waals surface area contributed by atoms with Gasteiger partial charge in [-0.1, -0.05) is 17.8 Å². The van der Waals surface area contributed by atoms with Crippen LogP contribution >= 0.6 is 11.8 Å². The Morgan fingerprint density at radius 1 is 1.05 bits per heavy atom. The maximum atomic E-state index is 13.1. The fraction of sp³-hybridized carbons (Fsp3) is 0.188. The van der Waals surface area contributed by atoms with Gasteiger partial charge in [0.1, 0.15) is 11.9 Å². The number of rotatable bonds is 2. The van der Waals surface area contributed by atoms with Crippen molar-refractivity contribution < 1.29 is 4.39 Å². The zero-order valence-electron chi connectivity index (χ0n) is 10.3. The fourth-order valence-electron chi connectivity index (χ4n) is 2.42. The van der Waals surface area contributed by atoms with Gasteiger partial charge >= 0.3 is 0 Å². The third-order valence-electron chi connectivity index (χ3n) is 3.36. The van der Waals surface area contributed by atoms with Crippen molar-refractivity contribution in [3.05, 3.63) is 58.9 Å². The molecule has 2 aromatic rings. The van der Waals surface area contributed by atoms with Crippen LogP contribution in [0.5, 0.6) is 0 Å². The molecule has 0 bridgehead atoms. The lowest BCUT2D eigenvalue weighted by Crippen LogP contribution is -1.86. The molecule has 19 heavy (non-hydrogen) atoms. The molecular formula is C16H12FNS. The smallest absolute Gasteiger partial charge is 0.124 e. The molecule has 0 aromatic heterocycles. The van der Waals surface area contributed by atoms with Gasteiger partial charge in [-0.3, -0.25) is 0 Å². The van der Waals surface area contributed by atoms with Crippen molar-refractivity contribution in [3.63, 3.8) is 0 Å². The van der Waals surface area contributed by atoms with Gasteiger partial charge < -0.3 is 0 Å². The lowest BCUT2D eigenvalue weighted by atomic mass is 10.1. The minimum Gasteiger partial charge on any atom is -0.207 e. The molecule has 1 nitrogen and oxygen atoms in total. The van der Waals surface area contributed by atoms with E-state index < -0.39 is 0 Å². The van der Waals surface area contributed by atoms with Crippen molar-refractivity contribution in [2.24, 2.45) is 0 Å². The van der Waals surface area contributed by atoms with Crippen LogP contribution in [0, 0.1) is 17.1 Å². The van der Waals surface area contributed by atoms with Gasteiger partial charge in [-0.2, -0.15) is 5.26 Å². The molecule has 1 aliphatic rings. The molecule has 0 heterocycles. The number of fused-ring (bicyclic) bond motifs is 1. The molecular weight excluding hydrogens is 257 g/mol.